The number of rotatable bonds is 9. The van der Waals surface area contributed by atoms with Gasteiger partial charge in [0.15, 0.2) is 0 Å². The summed E-state index contributed by atoms with van der Waals surface area (Å²) < 4.78 is 6.01. The van der Waals surface area contributed by atoms with Crippen LogP contribution in [0.25, 0.3) is 0 Å². The Morgan fingerprint density at radius 1 is 1.20 bits per heavy atom. The molecule has 2 atom stereocenters. The summed E-state index contributed by atoms with van der Waals surface area (Å²) in [6.07, 6.45) is 7.55. The maximum Gasteiger partial charge on any atom is 0.260 e. The highest BCUT2D eigenvalue weighted by atomic mass is 16.6. The van der Waals surface area contributed by atoms with Crippen LogP contribution in [0.3, 0.4) is 0 Å². The van der Waals surface area contributed by atoms with Gasteiger partial charge in [0, 0.05) is 18.7 Å². The molecule has 0 bridgehead atoms. The van der Waals surface area contributed by atoms with Crippen molar-refractivity contribution in [2.45, 2.75) is 71.5 Å². The van der Waals surface area contributed by atoms with E-state index in [-0.39, 0.29) is 58.3 Å². The number of carbonyl (C=O) groups excluding carboxylic acids is 1. The van der Waals surface area contributed by atoms with Gasteiger partial charge in [0.25, 0.3) is 5.91 Å². The summed E-state index contributed by atoms with van der Waals surface area (Å²) in [5.74, 6) is -0.0810. The van der Waals surface area contributed by atoms with Crippen molar-refractivity contribution >= 4 is 23.0 Å². The number of benzene rings is 2. The maximum absolute atomic E-state index is 13.5. The van der Waals surface area contributed by atoms with Crippen molar-refractivity contribution < 1.29 is 24.9 Å². The van der Waals surface area contributed by atoms with Crippen molar-refractivity contribution in [3.63, 3.8) is 0 Å². The standard InChI is InChI=1S/C28H36N2O5/c1-17(2)7-6-13-28(4)24(35-28)11-10-18(3)12-14-30-21-15-19(31)16-23(33)26(21)29-25-20(27(30)34)8-5-9-22(25)32/h5,8-9,12,15-17,24,29,31-33H,6-7,10-11,13-14H2,1-4H3. The molecule has 2 aromatic carbocycles. The van der Waals surface area contributed by atoms with Crippen LogP contribution in [0.4, 0.5) is 17.1 Å². The zero-order valence-electron chi connectivity index (χ0n) is 21.0. The van der Waals surface area contributed by atoms with E-state index >= 15 is 0 Å². The summed E-state index contributed by atoms with van der Waals surface area (Å²) in [5, 5.41) is 33.9. The quantitative estimate of drug-likeness (QED) is 0.147. The number of phenolic OH excluding ortho intramolecular Hbond substituents is 3. The third-order valence-electron chi connectivity index (χ3n) is 7.05. The molecule has 2 aliphatic rings. The lowest BCUT2D eigenvalue weighted by Gasteiger charge is -2.22. The van der Waals surface area contributed by atoms with Crippen LogP contribution in [-0.2, 0) is 4.74 Å². The number of para-hydroxylation sites is 1. The number of allylic oxidation sites excluding steroid dienone is 1. The summed E-state index contributed by atoms with van der Waals surface area (Å²) >= 11 is 0. The van der Waals surface area contributed by atoms with Crippen molar-refractivity contribution in [1.82, 2.24) is 0 Å². The molecule has 7 heteroatoms. The highest BCUT2D eigenvalue weighted by Crippen LogP contribution is 2.46. The Morgan fingerprint density at radius 3 is 2.71 bits per heavy atom. The van der Waals surface area contributed by atoms with Gasteiger partial charge in [0.1, 0.15) is 22.9 Å². The summed E-state index contributed by atoms with van der Waals surface area (Å²) in [6, 6.07) is 7.35. The molecule has 0 aromatic heterocycles. The minimum Gasteiger partial charge on any atom is -0.508 e. The summed E-state index contributed by atoms with van der Waals surface area (Å²) in [5.41, 5.74) is 2.24. The van der Waals surface area contributed by atoms with Gasteiger partial charge in [0.05, 0.1) is 28.6 Å². The molecule has 2 aromatic rings. The molecule has 1 saturated heterocycles. The van der Waals surface area contributed by atoms with Gasteiger partial charge in [-0.3, -0.25) is 4.79 Å². The van der Waals surface area contributed by atoms with Gasteiger partial charge in [0.2, 0.25) is 0 Å². The van der Waals surface area contributed by atoms with Gasteiger partial charge < -0.3 is 30.3 Å². The van der Waals surface area contributed by atoms with E-state index < -0.39 is 0 Å². The fourth-order valence-corrected chi connectivity index (χ4v) is 4.79. The van der Waals surface area contributed by atoms with Crippen LogP contribution < -0.4 is 10.2 Å². The molecule has 188 valence electrons. The second-order valence-corrected chi connectivity index (χ2v) is 10.4. The molecule has 0 radical (unpaired) electrons. The van der Waals surface area contributed by atoms with E-state index in [0.29, 0.717) is 11.6 Å². The predicted molar refractivity (Wildman–Crippen MR) is 138 cm³/mol. The fraction of sp³-hybridized carbons (Fsp3) is 0.464. The van der Waals surface area contributed by atoms with Crippen LogP contribution in [0.15, 0.2) is 42.0 Å². The van der Waals surface area contributed by atoms with Crippen LogP contribution in [0.2, 0.25) is 0 Å². The van der Waals surface area contributed by atoms with E-state index in [2.05, 4.69) is 26.1 Å². The van der Waals surface area contributed by atoms with Crippen LogP contribution in [0, 0.1) is 5.92 Å². The SMILES string of the molecule is CC(=CCN1C(=O)c2cccc(O)c2Nc2c(O)cc(O)cc21)CCC1OC1(C)CCCC(C)C. The zero-order valence-corrected chi connectivity index (χ0v) is 21.0. The number of nitrogens with zero attached hydrogens (tertiary/aromatic N) is 1. The second kappa shape index (κ2) is 9.82. The lowest BCUT2D eigenvalue weighted by atomic mass is 9.94. The van der Waals surface area contributed by atoms with Crippen molar-refractivity contribution in [2.24, 2.45) is 5.92 Å². The van der Waals surface area contributed by atoms with Crippen molar-refractivity contribution in [1.29, 1.82) is 0 Å². The largest absolute Gasteiger partial charge is 0.508 e. The number of anilines is 3. The minimum atomic E-state index is -0.334. The number of hydrogen-bond acceptors (Lipinski definition) is 6. The first-order valence-corrected chi connectivity index (χ1v) is 12.4. The highest BCUT2D eigenvalue weighted by Gasteiger charge is 2.50. The maximum atomic E-state index is 13.5. The number of epoxide rings is 1. The van der Waals surface area contributed by atoms with Crippen LogP contribution >= 0.6 is 0 Å². The monoisotopic (exact) mass is 480 g/mol. The second-order valence-electron chi connectivity index (χ2n) is 10.4. The number of nitrogens with one attached hydrogen (secondary N) is 1. The lowest BCUT2D eigenvalue weighted by Crippen LogP contribution is -2.30. The van der Waals surface area contributed by atoms with Gasteiger partial charge in [-0.1, -0.05) is 44.4 Å². The van der Waals surface area contributed by atoms with Gasteiger partial charge in [-0.25, -0.2) is 0 Å². The van der Waals surface area contributed by atoms with Crippen molar-refractivity contribution in [3.05, 3.63) is 47.5 Å². The number of fused-ring (bicyclic) bond motifs is 2. The Morgan fingerprint density at radius 2 is 1.97 bits per heavy atom. The van der Waals surface area contributed by atoms with E-state index in [0.717, 1.165) is 24.8 Å². The van der Waals surface area contributed by atoms with Gasteiger partial charge >= 0.3 is 0 Å². The minimum absolute atomic E-state index is 0.0126. The van der Waals surface area contributed by atoms with E-state index in [4.69, 9.17) is 4.74 Å². The van der Waals surface area contributed by atoms with E-state index in [1.807, 2.05) is 13.0 Å². The molecule has 1 fully saturated rings. The molecular formula is C28H36N2O5. The van der Waals surface area contributed by atoms with Crippen LogP contribution in [0.1, 0.15) is 70.2 Å². The Hall–Kier alpha value is -3.19. The number of ether oxygens (including phenoxy) is 1. The molecule has 1 amide bonds. The molecule has 2 unspecified atom stereocenters. The predicted octanol–water partition coefficient (Wildman–Crippen LogP) is 6.22. The molecule has 4 rings (SSSR count). The first-order chi connectivity index (χ1) is 16.6. The van der Waals surface area contributed by atoms with Crippen molar-refractivity contribution in [2.75, 3.05) is 16.8 Å². The van der Waals surface area contributed by atoms with Gasteiger partial charge in [-0.15, -0.1) is 0 Å². The molecule has 2 heterocycles. The third kappa shape index (κ3) is 5.40. The molecule has 2 aliphatic heterocycles. The Balaban J connectivity index is 1.48. The number of aromatic hydroxyl groups is 3. The van der Waals surface area contributed by atoms with Crippen LogP contribution in [0.5, 0.6) is 17.2 Å². The Bertz CT molecular complexity index is 1140. The molecule has 0 spiro atoms. The van der Waals surface area contributed by atoms with Crippen LogP contribution in [-0.4, -0.2) is 39.5 Å². The lowest BCUT2D eigenvalue weighted by molar-refractivity contribution is 0.0991. The molecule has 7 nitrogen and oxygen atoms in total. The smallest absolute Gasteiger partial charge is 0.260 e. The average Bonchev–Trinajstić information content (AvgIpc) is 3.46. The fourth-order valence-electron chi connectivity index (χ4n) is 4.79. The van der Waals surface area contributed by atoms with Crippen molar-refractivity contribution in [3.8, 4) is 17.2 Å². The topological polar surface area (TPSA) is 106 Å². The first-order valence-electron chi connectivity index (χ1n) is 12.4. The van der Waals surface area contributed by atoms with Gasteiger partial charge in [-0.05, 0) is 51.2 Å². The summed E-state index contributed by atoms with van der Waals surface area (Å²) in [4.78, 5) is 15.0. The number of hydrogen-bond donors (Lipinski definition) is 4. The molecule has 4 N–H and O–H groups in total. The third-order valence-corrected chi connectivity index (χ3v) is 7.05. The molecule has 0 aliphatic carbocycles. The van der Waals surface area contributed by atoms with Gasteiger partial charge in [-0.2, -0.15) is 0 Å². The van der Waals surface area contributed by atoms with E-state index in [1.54, 1.807) is 12.1 Å². The Labute approximate surface area is 207 Å². The van der Waals surface area contributed by atoms with E-state index in [1.165, 1.54) is 35.9 Å². The van der Waals surface area contributed by atoms with E-state index in [9.17, 15) is 20.1 Å². The highest BCUT2D eigenvalue weighted by molar-refractivity contribution is 6.15. The first kappa shape index (κ1) is 24.9. The number of phenols is 3. The number of carbonyl (C=O) groups is 1. The summed E-state index contributed by atoms with van der Waals surface area (Å²) in [7, 11) is 0. The normalized spacial score (nSPS) is 21.4. The number of amides is 1. The molecule has 35 heavy (non-hydrogen) atoms. The Kier molecular flexibility index (Phi) is 6.99. The zero-order chi connectivity index (χ0) is 25.3. The summed E-state index contributed by atoms with van der Waals surface area (Å²) in [6.45, 7) is 8.99. The molecular weight excluding hydrogens is 444 g/mol. The average molecular weight is 481 g/mol. The molecule has 0 saturated carbocycles.